The third-order valence-electron chi connectivity index (χ3n) is 6.04. The van der Waals surface area contributed by atoms with Gasteiger partial charge in [-0.15, -0.1) is 0 Å². The van der Waals surface area contributed by atoms with E-state index in [1.54, 1.807) is 17.0 Å². The van der Waals surface area contributed by atoms with Crippen molar-refractivity contribution in [3.05, 3.63) is 64.7 Å². The molecule has 1 unspecified atom stereocenters. The zero-order valence-corrected chi connectivity index (χ0v) is 18.0. The van der Waals surface area contributed by atoms with Gasteiger partial charge < -0.3 is 15.3 Å². The Labute approximate surface area is 189 Å². The molecule has 9 heteroatoms. The van der Waals surface area contributed by atoms with Gasteiger partial charge in [-0.1, -0.05) is 29.8 Å². The molecule has 0 aliphatic carbocycles. The third kappa shape index (κ3) is 5.52. The van der Waals surface area contributed by atoms with Gasteiger partial charge in [0.05, 0.1) is 17.2 Å². The predicted octanol–water partition coefficient (Wildman–Crippen LogP) is 3.67. The summed E-state index contributed by atoms with van der Waals surface area (Å²) in [6.45, 7) is 2.64. The summed E-state index contributed by atoms with van der Waals surface area (Å²) >= 11 is 0. The van der Waals surface area contributed by atoms with Crippen LogP contribution in [0.4, 0.5) is 18.9 Å². The normalized spacial score (nSPS) is 16.5. The molecular formula is C24H24F3N3O3. The minimum Gasteiger partial charge on any atom is -0.379 e. The summed E-state index contributed by atoms with van der Waals surface area (Å²) in [5, 5.41) is 23.0. The predicted molar refractivity (Wildman–Crippen MR) is 115 cm³/mol. The molecular weight excluding hydrogens is 435 g/mol. The molecule has 0 radical (unpaired) electrons. The van der Waals surface area contributed by atoms with Crippen LogP contribution in [0, 0.1) is 24.2 Å². The minimum absolute atomic E-state index is 0.0344. The van der Waals surface area contributed by atoms with Crippen LogP contribution in [-0.2, 0) is 22.2 Å². The highest BCUT2D eigenvalue weighted by atomic mass is 19.4. The standard InChI is InChI=1S/C24H24F3N3O3/c1-16-2-4-17(5-3-16)13-23(33,19-8-10-30(15-31)11-9-19)22(32)29-20-7-6-18(14-28)21(12-20)24(25,26)27/h2-7,12,15,19,33H,8-11,13H2,1H3,(H,29,32). The van der Waals surface area contributed by atoms with Crippen LogP contribution >= 0.6 is 0 Å². The summed E-state index contributed by atoms with van der Waals surface area (Å²) < 4.78 is 40.0. The van der Waals surface area contributed by atoms with Crippen molar-refractivity contribution in [3.63, 3.8) is 0 Å². The number of piperidine rings is 1. The molecule has 6 nitrogen and oxygen atoms in total. The number of aliphatic hydroxyl groups is 1. The molecule has 2 aromatic carbocycles. The minimum atomic E-state index is -4.77. The lowest BCUT2D eigenvalue weighted by Crippen LogP contribution is -2.54. The second-order valence-electron chi connectivity index (χ2n) is 8.33. The van der Waals surface area contributed by atoms with E-state index in [1.165, 1.54) is 12.1 Å². The summed E-state index contributed by atoms with van der Waals surface area (Å²) in [5.41, 5.74) is -2.09. The lowest BCUT2D eigenvalue weighted by molar-refractivity contribution is -0.143. The van der Waals surface area contributed by atoms with Gasteiger partial charge in [-0.3, -0.25) is 9.59 Å². The molecule has 0 aromatic heterocycles. The molecule has 0 bridgehead atoms. The molecule has 1 aliphatic rings. The van der Waals surface area contributed by atoms with Gasteiger partial charge in [0, 0.05) is 31.1 Å². The van der Waals surface area contributed by atoms with Crippen molar-refractivity contribution in [1.82, 2.24) is 4.90 Å². The van der Waals surface area contributed by atoms with E-state index in [-0.39, 0.29) is 12.1 Å². The number of hydrogen-bond donors (Lipinski definition) is 2. The Balaban J connectivity index is 1.91. The van der Waals surface area contributed by atoms with Gasteiger partial charge in [-0.2, -0.15) is 18.4 Å². The Morgan fingerprint density at radius 3 is 2.39 bits per heavy atom. The van der Waals surface area contributed by atoms with Crippen molar-refractivity contribution in [2.75, 3.05) is 18.4 Å². The smallest absolute Gasteiger partial charge is 0.379 e. The summed E-state index contributed by atoms with van der Waals surface area (Å²) in [6.07, 6.45) is -3.35. The van der Waals surface area contributed by atoms with Crippen molar-refractivity contribution in [2.45, 2.75) is 38.0 Å². The van der Waals surface area contributed by atoms with Gasteiger partial charge in [0.1, 0.15) is 5.60 Å². The Morgan fingerprint density at radius 1 is 1.21 bits per heavy atom. The van der Waals surface area contributed by atoms with Crippen molar-refractivity contribution in [3.8, 4) is 6.07 Å². The summed E-state index contributed by atoms with van der Waals surface area (Å²) in [4.78, 5) is 25.9. The number of nitriles is 1. The van der Waals surface area contributed by atoms with Gasteiger partial charge in [0.15, 0.2) is 0 Å². The fourth-order valence-corrected chi connectivity index (χ4v) is 4.10. The maximum atomic E-state index is 13.3. The van der Waals surface area contributed by atoms with E-state index in [4.69, 9.17) is 5.26 Å². The molecule has 1 saturated heterocycles. The lowest BCUT2D eigenvalue weighted by Gasteiger charge is -2.39. The molecule has 1 fully saturated rings. The lowest BCUT2D eigenvalue weighted by atomic mass is 9.76. The van der Waals surface area contributed by atoms with Crippen molar-refractivity contribution >= 4 is 18.0 Å². The first kappa shape index (κ1) is 24.3. The first-order valence-corrected chi connectivity index (χ1v) is 10.5. The van der Waals surface area contributed by atoms with Crippen molar-refractivity contribution < 1.29 is 27.9 Å². The number of amides is 2. The second-order valence-corrected chi connectivity index (χ2v) is 8.33. The number of alkyl halides is 3. The average Bonchev–Trinajstić information content (AvgIpc) is 2.80. The van der Waals surface area contributed by atoms with Crippen LogP contribution in [0.15, 0.2) is 42.5 Å². The number of carbonyl (C=O) groups is 2. The van der Waals surface area contributed by atoms with E-state index < -0.39 is 34.7 Å². The quantitative estimate of drug-likeness (QED) is 0.645. The number of likely N-dealkylation sites (tertiary alicyclic amines) is 1. The second kappa shape index (κ2) is 9.63. The molecule has 2 amide bonds. The van der Waals surface area contributed by atoms with Gasteiger partial charge in [0.2, 0.25) is 6.41 Å². The summed E-state index contributed by atoms with van der Waals surface area (Å²) in [5.74, 6) is -1.33. The number of carbonyl (C=O) groups excluding carboxylic acids is 2. The third-order valence-corrected chi connectivity index (χ3v) is 6.04. The average molecular weight is 459 g/mol. The monoisotopic (exact) mass is 459 g/mol. The van der Waals surface area contributed by atoms with Gasteiger partial charge in [0.25, 0.3) is 5.91 Å². The maximum Gasteiger partial charge on any atom is 0.417 e. The first-order chi connectivity index (χ1) is 15.6. The zero-order chi connectivity index (χ0) is 24.2. The Morgan fingerprint density at radius 2 is 1.85 bits per heavy atom. The number of benzene rings is 2. The van der Waals surface area contributed by atoms with E-state index in [2.05, 4.69) is 5.32 Å². The Kier molecular flexibility index (Phi) is 7.08. The van der Waals surface area contributed by atoms with Crippen LogP contribution in [-0.4, -0.2) is 41.0 Å². The first-order valence-electron chi connectivity index (χ1n) is 10.5. The van der Waals surface area contributed by atoms with E-state index in [0.717, 1.165) is 11.6 Å². The van der Waals surface area contributed by atoms with Gasteiger partial charge in [-0.05, 0) is 43.5 Å². The molecule has 0 saturated carbocycles. The number of anilines is 1. The van der Waals surface area contributed by atoms with Crippen LogP contribution in [0.5, 0.6) is 0 Å². The van der Waals surface area contributed by atoms with E-state index in [1.807, 2.05) is 19.1 Å². The highest BCUT2D eigenvalue weighted by Gasteiger charge is 2.45. The van der Waals surface area contributed by atoms with Crippen molar-refractivity contribution in [1.29, 1.82) is 5.26 Å². The van der Waals surface area contributed by atoms with Gasteiger partial charge >= 0.3 is 6.18 Å². The zero-order valence-electron chi connectivity index (χ0n) is 18.0. The van der Waals surface area contributed by atoms with E-state index in [0.29, 0.717) is 44.0 Å². The fraction of sp³-hybridized carbons (Fsp3) is 0.375. The molecule has 3 rings (SSSR count). The summed E-state index contributed by atoms with van der Waals surface area (Å²) in [7, 11) is 0. The number of halogens is 3. The molecule has 1 aliphatic heterocycles. The molecule has 1 heterocycles. The van der Waals surface area contributed by atoms with Gasteiger partial charge in [-0.25, -0.2) is 0 Å². The number of aryl methyl sites for hydroxylation is 1. The van der Waals surface area contributed by atoms with Crippen LogP contribution in [0.25, 0.3) is 0 Å². The summed E-state index contributed by atoms with van der Waals surface area (Å²) in [6, 6.07) is 11.6. The van der Waals surface area contributed by atoms with Crippen LogP contribution in [0.2, 0.25) is 0 Å². The number of nitrogens with one attached hydrogen (secondary N) is 1. The van der Waals surface area contributed by atoms with E-state index >= 15 is 0 Å². The Hall–Kier alpha value is -3.38. The number of hydrogen-bond acceptors (Lipinski definition) is 4. The van der Waals surface area contributed by atoms with Crippen molar-refractivity contribution in [2.24, 2.45) is 5.92 Å². The molecule has 0 spiro atoms. The van der Waals surface area contributed by atoms with Crippen LogP contribution in [0.1, 0.15) is 35.1 Å². The SMILES string of the molecule is Cc1ccc(CC(O)(C(=O)Nc2ccc(C#N)c(C(F)(F)F)c2)C2CCN(C=O)CC2)cc1. The highest BCUT2D eigenvalue weighted by Crippen LogP contribution is 2.35. The number of rotatable bonds is 6. The molecule has 2 aromatic rings. The molecule has 33 heavy (non-hydrogen) atoms. The number of nitrogens with zero attached hydrogens (tertiary/aromatic N) is 2. The topological polar surface area (TPSA) is 93.4 Å². The highest BCUT2D eigenvalue weighted by molar-refractivity contribution is 5.97. The Bertz CT molecular complexity index is 1060. The largest absolute Gasteiger partial charge is 0.417 e. The van der Waals surface area contributed by atoms with Crippen LogP contribution in [0.3, 0.4) is 0 Å². The van der Waals surface area contributed by atoms with E-state index in [9.17, 15) is 27.9 Å². The molecule has 174 valence electrons. The fourth-order valence-electron chi connectivity index (χ4n) is 4.10. The molecule has 1 atom stereocenters. The molecule has 2 N–H and O–H groups in total. The maximum absolute atomic E-state index is 13.3. The van der Waals surface area contributed by atoms with Crippen LogP contribution < -0.4 is 5.32 Å².